The van der Waals surface area contributed by atoms with E-state index in [0.29, 0.717) is 26.3 Å². The number of benzene rings is 2. The van der Waals surface area contributed by atoms with Gasteiger partial charge in [-0.05, 0) is 55.8 Å². The number of hydrogen-bond acceptors (Lipinski definition) is 8. The highest BCUT2D eigenvalue weighted by molar-refractivity contribution is 8.26. The van der Waals surface area contributed by atoms with Gasteiger partial charge in [0.1, 0.15) is 4.32 Å². The Morgan fingerprint density at radius 3 is 2.35 bits per heavy atom. The highest BCUT2D eigenvalue weighted by atomic mass is 32.2. The van der Waals surface area contributed by atoms with E-state index in [1.165, 1.54) is 40.9 Å². The molecule has 1 aliphatic heterocycles. The third-order valence-electron chi connectivity index (χ3n) is 5.19. The number of rotatable bonds is 8. The molecule has 0 radical (unpaired) electrons. The van der Waals surface area contributed by atoms with Crippen molar-refractivity contribution in [3.8, 4) is 0 Å². The summed E-state index contributed by atoms with van der Waals surface area (Å²) in [5.41, 5.74) is 2.59. The third kappa shape index (κ3) is 6.79. The first kappa shape index (κ1) is 26.5. The summed E-state index contributed by atoms with van der Waals surface area (Å²) >= 11 is 6.53. The van der Waals surface area contributed by atoms with Gasteiger partial charge in [0.2, 0.25) is 11.9 Å². The van der Waals surface area contributed by atoms with Crippen molar-refractivity contribution in [1.29, 1.82) is 0 Å². The summed E-state index contributed by atoms with van der Waals surface area (Å²) in [5.74, 6) is -0.579. The number of thiocarbonyl (C=S) groups is 1. The molecule has 1 aromatic heterocycles. The Hall–Kier alpha value is -3.61. The van der Waals surface area contributed by atoms with Crippen molar-refractivity contribution < 1.29 is 18.0 Å². The maximum absolute atomic E-state index is 12.7. The zero-order valence-electron chi connectivity index (χ0n) is 20.0. The van der Waals surface area contributed by atoms with Crippen molar-refractivity contribution in [3.63, 3.8) is 0 Å². The summed E-state index contributed by atoms with van der Waals surface area (Å²) in [7, 11) is -3.91. The number of thioether (sulfide) groups is 1. The van der Waals surface area contributed by atoms with Gasteiger partial charge in [0.25, 0.3) is 15.9 Å². The average Bonchev–Trinajstić information content (AvgIpc) is 3.09. The van der Waals surface area contributed by atoms with E-state index in [2.05, 4.69) is 20.0 Å². The van der Waals surface area contributed by atoms with E-state index in [1.54, 1.807) is 26.0 Å². The molecule has 9 nitrogen and oxygen atoms in total. The maximum Gasteiger partial charge on any atom is 0.266 e. The minimum Gasteiger partial charge on any atom is -0.326 e. The van der Waals surface area contributed by atoms with E-state index in [0.717, 1.165) is 5.56 Å². The van der Waals surface area contributed by atoms with Crippen LogP contribution in [0, 0.1) is 13.8 Å². The molecule has 0 atom stereocenters. The lowest BCUT2D eigenvalue weighted by Crippen LogP contribution is -2.31. The number of nitrogens with one attached hydrogen (secondary N) is 2. The van der Waals surface area contributed by atoms with Gasteiger partial charge in [-0.25, -0.2) is 23.1 Å². The van der Waals surface area contributed by atoms with E-state index in [9.17, 15) is 18.0 Å². The molecule has 3 aromatic rings. The zero-order chi connectivity index (χ0) is 26.6. The zero-order valence-corrected chi connectivity index (χ0v) is 22.4. The Bertz CT molecular complexity index is 1470. The first-order valence-electron chi connectivity index (χ1n) is 11.2. The molecule has 1 aliphatic rings. The number of aryl methyl sites for hydroxylation is 2. The molecule has 1 fully saturated rings. The van der Waals surface area contributed by atoms with Crippen LogP contribution >= 0.6 is 24.0 Å². The van der Waals surface area contributed by atoms with Crippen molar-refractivity contribution in [2.75, 3.05) is 16.6 Å². The number of sulfonamides is 1. The molecule has 0 aliphatic carbocycles. The number of nitrogens with zero attached hydrogens (tertiary/aromatic N) is 3. The van der Waals surface area contributed by atoms with Gasteiger partial charge in [-0.3, -0.25) is 14.5 Å². The molecule has 0 bridgehead atoms. The van der Waals surface area contributed by atoms with Crippen LogP contribution in [0.1, 0.15) is 23.4 Å². The number of amides is 2. The molecule has 190 valence electrons. The Balaban J connectivity index is 1.33. The number of anilines is 2. The van der Waals surface area contributed by atoms with Gasteiger partial charge in [-0.2, -0.15) is 0 Å². The summed E-state index contributed by atoms with van der Waals surface area (Å²) in [6, 6.07) is 16.9. The van der Waals surface area contributed by atoms with Crippen LogP contribution < -0.4 is 10.0 Å². The summed E-state index contributed by atoms with van der Waals surface area (Å²) in [6.07, 6.45) is 1.80. The second-order valence-corrected chi connectivity index (χ2v) is 11.5. The van der Waals surface area contributed by atoms with Crippen LogP contribution in [-0.2, 0) is 19.6 Å². The summed E-state index contributed by atoms with van der Waals surface area (Å²) in [5, 5.41) is 2.71. The van der Waals surface area contributed by atoms with Gasteiger partial charge in [0.15, 0.2) is 0 Å². The van der Waals surface area contributed by atoms with Crippen molar-refractivity contribution in [2.24, 2.45) is 0 Å². The number of carbonyl (C=O) groups excluding carboxylic acids is 2. The Morgan fingerprint density at radius 2 is 1.70 bits per heavy atom. The second-order valence-electron chi connectivity index (χ2n) is 8.15. The van der Waals surface area contributed by atoms with Gasteiger partial charge in [-0.1, -0.05) is 54.3 Å². The molecule has 2 heterocycles. The monoisotopic (exact) mass is 553 g/mol. The fourth-order valence-corrected chi connectivity index (χ4v) is 5.75. The van der Waals surface area contributed by atoms with Crippen molar-refractivity contribution in [2.45, 2.75) is 25.2 Å². The number of hydrogen-bond donors (Lipinski definition) is 2. The lowest BCUT2D eigenvalue weighted by molar-refractivity contribution is -0.122. The molecular formula is C25H23N5O4S3. The van der Waals surface area contributed by atoms with E-state index in [4.69, 9.17) is 12.2 Å². The van der Waals surface area contributed by atoms with Crippen LogP contribution in [0.5, 0.6) is 0 Å². The normalized spacial score (nSPS) is 14.8. The van der Waals surface area contributed by atoms with Crippen molar-refractivity contribution in [3.05, 3.63) is 82.5 Å². The second kappa shape index (κ2) is 11.2. The first-order chi connectivity index (χ1) is 17.6. The van der Waals surface area contributed by atoms with Crippen LogP contribution in [0.2, 0.25) is 0 Å². The van der Waals surface area contributed by atoms with E-state index in [1.807, 2.05) is 30.3 Å². The fraction of sp³-hybridized carbons (Fsp3) is 0.160. The van der Waals surface area contributed by atoms with Crippen LogP contribution in [0.25, 0.3) is 6.08 Å². The van der Waals surface area contributed by atoms with Crippen LogP contribution in [-0.4, -0.2) is 46.0 Å². The largest absolute Gasteiger partial charge is 0.326 e. The molecule has 0 unspecified atom stereocenters. The fourth-order valence-electron chi connectivity index (χ4n) is 3.50. The quantitative estimate of drug-likeness (QED) is 0.316. The Labute approximate surface area is 224 Å². The van der Waals surface area contributed by atoms with Gasteiger partial charge >= 0.3 is 0 Å². The highest BCUT2D eigenvalue weighted by Gasteiger charge is 2.32. The average molecular weight is 554 g/mol. The first-order valence-corrected chi connectivity index (χ1v) is 13.9. The highest BCUT2D eigenvalue weighted by Crippen LogP contribution is 2.32. The standard InChI is InChI=1S/C25H23N5O4S3/c1-16-14-17(2)27-24(26-16)29-37(33,34)20-10-8-19(9-11-20)28-22(31)12-13-30-23(32)21(36-25(30)35)15-18-6-4-3-5-7-18/h3-11,14-15H,12-13H2,1-2H3,(H,28,31)(H,26,27,29). The van der Waals surface area contributed by atoms with E-state index < -0.39 is 10.0 Å². The van der Waals surface area contributed by atoms with Gasteiger partial charge in [0, 0.05) is 30.0 Å². The van der Waals surface area contributed by atoms with E-state index in [-0.39, 0.29) is 35.6 Å². The lowest BCUT2D eigenvalue weighted by atomic mass is 10.2. The van der Waals surface area contributed by atoms with Gasteiger partial charge in [0.05, 0.1) is 9.80 Å². The van der Waals surface area contributed by atoms with Gasteiger partial charge < -0.3 is 5.32 Å². The molecule has 37 heavy (non-hydrogen) atoms. The van der Waals surface area contributed by atoms with E-state index >= 15 is 0 Å². The molecular weight excluding hydrogens is 531 g/mol. The Morgan fingerprint density at radius 1 is 1.05 bits per heavy atom. The minimum absolute atomic E-state index is 0.00368. The SMILES string of the molecule is Cc1cc(C)nc(NS(=O)(=O)c2ccc(NC(=O)CCN3C(=O)C(=Cc4ccccc4)SC3=S)cc2)n1. The molecule has 2 amide bonds. The number of aromatic nitrogens is 2. The molecule has 0 spiro atoms. The summed E-state index contributed by atoms with van der Waals surface area (Å²) in [6.45, 7) is 3.63. The topological polar surface area (TPSA) is 121 Å². The van der Waals surface area contributed by atoms with Crippen molar-refractivity contribution >= 4 is 67.8 Å². The molecule has 0 saturated carbocycles. The number of carbonyl (C=O) groups is 2. The minimum atomic E-state index is -3.91. The Kier molecular flexibility index (Phi) is 8.00. The van der Waals surface area contributed by atoms with Crippen LogP contribution in [0.4, 0.5) is 11.6 Å². The van der Waals surface area contributed by atoms with Gasteiger partial charge in [-0.15, -0.1) is 0 Å². The van der Waals surface area contributed by atoms with Crippen molar-refractivity contribution in [1.82, 2.24) is 14.9 Å². The molecule has 2 N–H and O–H groups in total. The third-order valence-corrected chi connectivity index (χ3v) is 7.91. The predicted octanol–water partition coefficient (Wildman–Crippen LogP) is 4.12. The molecule has 4 rings (SSSR count). The predicted molar refractivity (Wildman–Crippen MR) is 148 cm³/mol. The molecule has 1 saturated heterocycles. The van der Waals surface area contributed by atoms with Crippen LogP contribution in [0.3, 0.4) is 0 Å². The lowest BCUT2D eigenvalue weighted by Gasteiger charge is -2.14. The summed E-state index contributed by atoms with van der Waals surface area (Å²) in [4.78, 5) is 35.3. The molecule has 2 aromatic carbocycles. The van der Waals surface area contributed by atoms with Crippen LogP contribution in [0.15, 0.2) is 70.5 Å². The maximum atomic E-state index is 12.7. The smallest absolute Gasteiger partial charge is 0.266 e. The molecule has 12 heteroatoms. The summed E-state index contributed by atoms with van der Waals surface area (Å²) < 4.78 is 28.1.